The molecule has 4 heteroatoms. The molecule has 20 heavy (non-hydrogen) atoms. The molecular weight excluding hydrogens is 252 g/mol. The molecule has 1 aromatic rings. The molecule has 1 atom stereocenters. The largest absolute Gasteiger partial charge is 0.497 e. The van der Waals surface area contributed by atoms with Crippen molar-refractivity contribution in [2.45, 2.75) is 38.8 Å². The summed E-state index contributed by atoms with van der Waals surface area (Å²) in [5.41, 5.74) is 6.36. The second-order valence-electron chi connectivity index (χ2n) is 5.69. The van der Waals surface area contributed by atoms with E-state index in [1.807, 2.05) is 20.8 Å². The maximum absolute atomic E-state index is 11.9. The lowest BCUT2D eigenvalue weighted by atomic mass is 9.98. The number of hydrogen-bond donors (Lipinski definition) is 2. The van der Waals surface area contributed by atoms with E-state index in [1.54, 1.807) is 37.6 Å². The molecule has 1 rings (SSSR count). The van der Waals surface area contributed by atoms with Crippen LogP contribution in [0, 0.1) is 0 Å². The van der Waals surface area contributed by atoms with Gasteiger partial charge in [0, 0.05) is 29.4 Å². The number of hydrogen-bond acceptors (Lipinski definition) is 4. The van der Waals surface area contributed by atoms with Gasteiger partial charge < -0.3 is 15.8 Å². The predicted molar refractivity (Wildman–Crippen MR) is 81.9 cm³/mol. The maximum atomic E-state index is 11.9. The Labute approximate surface area is 121 Å². The van der Waals surface area contributed by atoms with Crippen molar-refractivity contribution in [3.05, 3.63) is 42.1 Å². The zero-order chi connectivity index (χ0) is 15.2. The maximum Gasteiger partial charge on any atom is 0.187 e. The van der Waals surface area contributed by atoms with Crippen LogP contribution in [0.25, 0.3) is 0 Å². The van der Waals surface area contributed by atoms with Crippen molar-refractivity contribution in [1.82, 2.24) is 5.32 Å². The summed E-state index contributed by atoms with van der Waals surface area (Å²) in [7, 11) is 1.60. The van der Waals surface area contributed by atoms with Gasteiger partial charge in [-0.15, -0.1) is 0 Å². The number of carbonyl (C=O) groups is 1. The predicted octanol–water partition coefficient (Wildman–Crippen LogP) is 2.50. The third-order valence-electron chi connectivity index (χ3n) is 2.82. The highest BCUT2D eigenvalue weighted by Crippen LogP contribution is 2.12. The van der Waals surface area contributed by atoms with E-state index in [9.17, 15) is 4.79 Å². The second kappa shape index (κ2) is 7.10. The molecule has 4 nitrogen and oxygen atoms in total. The van der Waals surface area contributed by atoms with E-state index in [0.717, 1.165) is 12.2 Å². The summed E-state index contributed by atoms with van der Waals surface area (Å²) >= 11 is 0. The monoisotopic (exact) mass is 276 g/mol. The standard InChI is InChI=1S/C16H24N2O2/c1-12(11-16(2,3)17)18-10-9-15(19)13-5-7-14(20-4)8-6-13/h5-10,12,18H,11,17H2,1-4H3/b10-9-. The van der Waals surface area contributed by atoms with Gasteiger partial charge >= 0.3 is 0 Å². The van der Waals surface area contributed by atoms with Crippen molar-refractivity contribution < 1.29 is 9.53 Å². The zero-order valence-corrected chi connectivity index (χ0v) is 12.6. The lowest BCUT2D eigenvalue weighted by Crippen LogP contribution is -2.39. The van der Waals surface area contributed by atoms with Crippen molar-refractivity contribution in [2.75, 3.05) is 7.11 Å². The molecule has 0 radical (unpaired) electrons. The molecular formula is C16H24N2O2. The van der Waals surface area contributed by atoms with E-state index in [2.05, 4.69) is 5.32 Å². The highest BCUT2D eigenvalue weighted by Gasteiger charge is 2.14. The molecule has 110 valence electrons. The van der Waals surface area contributed by atoms with Gasteiger partial charge in [-0.05, 0) is 51.5 Å². The first-order valence-electron chi connectivity index (χ1n) is 6.72. The van der Waals surface area contributed by atoms with Crippen molar-refractivity contribution >= 4 is 5.78 Å². The number of allylic oxidation sites excluding steroid dienone is 1. The van der Waals surface area contributed by atoms with Gasteiger partial charge in [0.2, 0.25) is 0 Å². The van der Waals surface area contributed by atoms with Gasteiger partial charge in [-0.2, -0.15) is 0 Å². The molecule has 0 saturated heterocycles. The average molecular weight is 276 g/mol. The van der Waals surface area contributed by atoms with Crippen LogP contribution >= 0.6 is 0 Å². The quantitative estimate of drug-likeness (QED) is 0.593. The van der Waals surface area contributed by atoms with Gasteiger partial charge in [0.25, 0.3) is 0 Å². The van der Waals surface area contributed by atoms with Crippen molar-refractivity contribution in [3.8, 4) is 5.75 Å². The van der Waals surface area contributed by atoms with Gasteiger partial charge in [0.15, 0.2) is 5.78 Å². The molecule has 0 bridgehead atoms. The second-order valence-corrected chi connectivity index (χ2v) is 5.69. The van der Waals surface area contributed by atoms with E-state index < -0.39 is 0 Å². The molecule has 0 aromatic heterocycles. The van der Waals surface area contributed by atoms with Crippen LogP contribution in [0.2, 0.25) is 0 Å². The Bertz CT molecular complexity index is 458. The fourth-order valence-corrected chi connectivity index (χ4v) is 1.99. The van der Waals surface area contributed by atoms with Gasteiger partial charge in [-0.25, -0.2) is 0 Å². The first-order valence-corrected chi connectivity index (χ1v) is 6.72. The molecule has 0 fully saturated rings. The Morgan fingerprint density at radius 2 is 2.00 bits per heavy atom. The molecule has 0 heterocycles. The molecule has 0 spiro atoms. The third-order valence-corrected chi connectivity index (χ3v) is 2.82. The minimum Gasteiger partial charge on any atom is -0.497 e. The third kappa shape index (κ3) is 5.89. The molecule has 1 aromatic carbocycles. The van der Waals surface area contributed by atoms with E-state index in [-0.39, 0.29) is 17.4 Å². The SMILES string of the molecule is COc1ccc(C(=O)/C=C\NC(C)CC(C)(C)N)cc1. The van der Waals surface area contributed by atoms with Crippen LogP contribution < -0.4 is 15.8 Å². The van der Waals surface area contributed by atoms with Gasteiger partial charge in [0.1, 0.15) is 5.75 Å². The molecule has 0 saturated carbocycles. The molecule has 0 aliphatic carbocycles. The summed E-state index contributed by atoms with van der Waals surface area (Å²) in [6.45, 7) is 6.01. The minimum absolute atomic E-state index is 0.0423. The summed E-state index contributed by atoms with van der Waals surface area (Å²) in [5, 5.41) is 3.16. The number of ether oxygens (including phenoxy) is 1. The summed E-state index contributed by atoms with van der Waals surface area (Å²) < 4.78 is 5.05. The molecule has 0 aliphatic heterocycles. The minimum atomic E-state index is -0.222. The Morgan fingerprint density at radius 1 is 1.40 bits per heavy atom. The molecule has 0 amide bonds. The number of rotatable bonds is 7. The van der Waals surface area contributed by atoms with E-state index >= 15 is 0 Å². The van der Waals surface area contributed by atoms with Gasteiger partial charge in [0.05, 0.1) is 7.11 Å². The van der Waals surface area contributed by atoms with E-state index in [1.165, 1.54) is 6.08 Å². The average Bonchev–Trinajstić information content (AvgIpc) is 2.36. The van der Waals surface area contributed by atoms with Crippen molar-refractivity contribution in [2.24, 2.45) is 5.73 Å². The number of methoxy groups -OCH3 is 1. The van der Waals surface area contributed by atoms with Crippen LogP contribution in [0.4, 0.5) is 0 Å². The molecule has 1 unspecified atom stereocenters. The van der Waals surface area contributed by atoms with Crippen molar-refractivity contribution in [3.63, 3.8) is 0 Å². The lowest BCUT2D eigenvalue weighted by Gasteiger charge is -2.23. The van der Waals surface area contributed by atoms with Gasteiger partial charge in [-0.3, -0.25) is 4.79 Å². The first kappa shape index (κ1) is 16.2. The Hall–Kier alpha value is -1.81. The van der Waals surface area contributed by atoms with Crippen LogP contribution in [0.1, 0.15) is 37.6 Å². The summed E-state index contributed by atoms with van der Waals surface area (Å²) in [4.78, 5) is 11.9. The molecule has 0 aliphatic rings. The fraction of sp³-hybridized carbons (Fsp3) is 0.438. The normalized spacial score (nSPS) is 13.2. The number of nitrogens with one attached hydrogen (secondary N) is 1. The summed E-state index contributed by atoms with van der Waals surface area (Å²) in [6, 6.07) is 7.26. The molecule has 3 N–H and O–H groups in total. The summed E-state index contributed by atoms with van der Waals surface area (Å²) in [5.74, 6) is 0.696. The van der Waals surface area contributed by atoms with Crippen molar-refractivity contribution in [1.29, 1.82) is 0 Å². The van der Waals surface area contributed by atoms with E-state index in [0.29, 0.717) is 5.56 Å². The number of ketones is 1. The number of nitrogens with two attached hydrogens (primary N) is 1. The smallest absolute Gasteiger partial charge is 0.187 e. The number of benzene rings is 1. The summed E-state index contributed by atoms with van der Waals surface area (Å²) in [6.07, 6.45) is 4.04. The Morgan fingerprint density at radius 3 is 2.50 bits per heavy atom. The highest BCUT2D eigenvalue weighted by molar-refractivity contribution is 6.04. The fourth-order valence-electron chi connectivity index (χ4n) is 1.99. The van der Waals surface area contributed by atoms with Crippen LogP contribution in [0.15, 0.2) is 36.5 Å². The number of carbonyl (C=O) groups excluding carboxylic acids is 1. The Balaban J connectivity index is 2.50. The lowest BCUT2D eigenvalue weighted by molar-refractivity contribution is 0.104. The van der Waals surface area contributed by atoms with Gasteiger partial charge in [-0.1, -0.05) is 0 Å². The first-order chi connectivity index (χ1) is 9.31. The topological polar surface area (TPSA) is 64.3 Å². The van der Waals surface area contributed by atoms with Crippen LogP contribution in [-0.2, 0) is 0 Å². The van der Waals surface area contributed by atoms with Crippen LogP contribution in [0.3, 0.4) is 0 Å². The zero-order valence-electron chi connectivity index (χ0n) is 12.6. The van der Waals surface area contributed by atoms with Crippen LogP contribution in [-0.4, -0.2) is 24.5 Å². The van der Waals surface area contributed by atoms with Crippen LogP contribution in [0.5, 0.6) is 5.75 Å². The van der Waals surface area contributed by atoms with E-state index in [4.69, 9.17) is 10.5 Å². The Kier molecular flexibility index (Phi) is 5.77. The highest BCUT2D eigenvalue weighted by atomic mass is 16.5.